The molecule has 5 rings (SSSR count). The molecule has 220 valence electrons. The summed E-state index contributed by atoms with van der Waals surface area (Å²) in [5, 5.41) is 2.94. The van der Waals surface area contributed by atoms with Crippen molar-refractivity contribution in [2.24, 2.45) is 0 Å². The van der Waals surface area contributed by atoms with Gasteiger partial charge >= 0.3 is 12.2 Å². The molecule has 43 heavy (non-hydrogen) atoms. The van der Waals surface area contributed by atoms with Gasteiger partial charge in [-0.15, -0.1) is 0 Å². The highest BCUT2D eigenvalue weighted by Crippen LogP contribution is 2.32. The first-order chi connectivity index (χ1) is 20.7. The minimum Gasteiger partial charge on any atom is -0.497 e. The van der Waals surface area contributed by atoms with E-state index in [0.717, 1.165) is 28.8 Å². The lowest BCUT2D eigenvalue weighted by atomic mass is 10.0. The molecule has 1 atom stereocenters. The van der Waals surface area contributed by atoms with E-state index in [4.69, 9.17) is 4.74 Å². The Balaban J connectivity index is 1.43. The molecule has 0 radical (unpaired) electrons. The molecular formula is C34H30F3N3O3. The largest absolute Gasteiger partial charge is 0.497 e. The fourth-order valence-corrected chi connectivity index (χ4v) is 5.03. The van der Waals surface area contributed by atoms with Crippen LogP contribution in [0.1, 0.15) is 22.7 Å². The van der Waals surface area contributed by atoms with Crippen molar-refractivity contribution in [1.82, 2.24) is 9.80 Å². The van der Waals surface area contributed by atoms with Gasteiger partial charge < -0.3 is 19.9 Å². The fraction of sp³-hybridized carbons (Fsp3) is 0.176. The SMILES string of the molecule is COc1ccc([C@H]2/C=C\CN(C(=O)Nc3ccccc3-c3ccccc3)CC(=O)N2Cc2cccc(C(F)(F)F)c2)cc1. The molecule has 4 aromatic rings. The number of carbonyl (C=O) groups is 2. The van der Waals surface area contributed by atoms with Crippen LogP contribution in [0.2, 0.25) is 0 Å². The molecule has 0 saturated carbocycles. The number of hydrogen-bond donors (Lipinski definition) is 1. The standard InChI is InChI=1S/C34H30F3N3O3/c1-43-28-18-16-26(17-19-28)31-15-8-20-39(23-32(41)40(31)22-24-9-7-12-27(21-24)34(35,36)37)33(42)38-30-14-6-5-13-29(30)25-10-3-2-4-11-25/h2-19,21,31H,20,22-23H2,1H3,(H,38,42)/b15-8-/t31-/m1/s1. The average Bonchev–Trinajstić information content (AvgIpc) is 3.01. The Kier molecular flexibility index (Phi) is 8.80. The molecule has 9 heteroatoms. The summed E-state index contributed by atoms with van der Waals surface area (Å²) in [4.78, 5) is 30.2. The molecule has 0 aromatic heterocycles. The molecule has 1 aliphatic rings. The number of para-hydroxylation sites is 1. The van der Waals surface area contributed by atoms with Gasteiger partial charge in [0.25, 0.3) is 0 Å². The first kappa shape index (κ1) is 29.4. The van der Waals surface area contributed by atoms with Crippen LogP contribution in [-0.4, -0.2) is 41.9 Å². The second-order valence-corrected chi connectivity index (χ2v) is 10.1. The van der Waals surface area contributed by atoms with Crippen LogP contribution < -0.4 is 10.1 Å². The van der Waals surface area contributed by atoms with Crippen molar-refractivity contribution in [2.75, 3.05) is 25.5 Å². The number of anilines is 1. The summed E-state index contributed by atoms with van der Waals surface area (Å²) in [7, 11) is 1.55. The number of hydrogen-bond acceptors (Lipinski definition) is 3. The highest BCUT2D eigenvalue weighted by Gasteiger charge is 2.32. The zero-order chi connectivity index (χ0) is 30.4. The Morgan fingerprint density at radius 1 is 0.930 bits per heavy atom. The van der Waals surface area contributed by atoms with Crippen LogP contribution in [0.25, 0.3) is 11.1 Å². The zero-order valence-corrected chi connectivity index (χ0v) is 23.4. The Morgan fingerprint density at radius 3 is 2.37 bits per heavy atom. The van der Waals surface area contributed by atoms with Crippen LogP contribution in [0, 0.1) is 0 Å². The highest BCUT2D eigenvalue weighted by atomic mass is 19.4. The molecule has 1 aliphatic heterocycles. The van der Waals surface area contributed by atoms with E-state index in [2.05, 4.69) is 5.32 Å². The maximum atomic E-state index is 13.8. The van der Waals surface area contributed by atoms with Crippen molar-refractivity contribution in [3.8, 4) is 16.9 Å². The maximum Gasteiger partial charge on any atom is 0.416 e. The maximum absolute atomic E-state index is 13.8. The van der Waals surface area contributed by atoms with Crippen LogP contribution >= 0.6 is 0 Å². The molecule has 4 aromatic carbocycles. The van der Waals surface area contributed by atoms with E-state index in [1.807, 2.05) is 60.7 Å². The van der Waals surface area contributed by atoms with E-state index in [9.17, 15) is 22.8 Å². The van der Waals surface area contributed by atoms with Crippen molar-refractivity contribution in [3.63, 3.8) is 0 Å². The van der Waals surface area contributed by atoms with Gasteiger partial charge in [-0.05, 0) is 47.0 Å². The van der Waals surface area contributed by atoms with E-state index in [1.165, 1.54) is 15.9 Å². The number of halogens is 3. The molecule has 3 amide bonds. The third-order valence-electron chi connectivity index (χ3n) is 7.23. The topological polar surface area (TPSA) is 61.9 Å². The lowest BCUT2D eigenvalue weighted by molar-refractivity contribution is -0.137. The Morgan fingerprint density at radius 2 is 1.65 bits per heavy atom. The molecule has 0 aliphatic carbocycles. The lowest BCUT2D eigenvalue weighted by Crippen LogP contribution is -2.46. The summed E-state index contributed by atoms with van der Waals surface area (Å²) in [6.45, 7) is -0.194. The molecule has 6 nitrogen and oxygen atoms in total. The molecule has 0 spiro atoms. The zero-order valence-electron chi connectivity index (χ0n) is 23.4. The minimum absolute atomic E-state index is 0.0872. The van der Waals surface area contributed by atoms with Gasteiger partial charge in [-0.3, -0.25) is 4.79 Å². The monoisotopic (exact) mass is 585 g/mol. The van der Waals surface area contributed by atoms with Gasteiger partial charge in [0.1, 0.15) is 12.3 Å². The number of methoxy groups -OCH3 is 1. The number of amides is 3. The number of alkyl halides is 3. The minimum atomic E-state index is -4.52. The normalized spacial score (nSPS) is 16.3. The number of carbonyl (C=O) groups excluding carboxylic acids is 2. The van der Waals surface area contributed by atoms with Crippen LogP contribution in [0.4, 0.5) is 23.7 Å². The van der Waals surface area contributed by atoms with Crippen LogP contribution in [0.5, 0.6) is 5.75 Å². The third kappa shape index (κ3) is 7.06. The van der Waals surface area contributed by atoms with Gasteiger partial charge in [-0.1, -0.05) is 84.9 Å². The second-order valence-electron chi connectivity index (χ2n) is 10.1. The summed E-state index contributed by atoms with van der Waals surface area (Å²) in [6.07, 6.45) is -0.926. The number of benzene rings is 4. The molecule has 0 fully saturated rings. The van der Waals surface area contributed by atoms with Crippen LogP contribution in [-0.2, 0) is 17.5 Å². The summed E-state index contributed by atoms with van der Waals surface area (Å²) < 4.78 is 45.6. The smallest absolute Gasteiger partial charge is 0.416 e. The second kappa shape index (κ2) is 12.9. The molecular weight excluding hydrogens is 555 g/mol. The summed E-state index contributed by atoms with van der Waals surface area (Å²) in [5.41, 5.74) is 2.64. The Bertz CT molecular complexity index is 1600. The Hall–Kier alpha value is -5.05. The number of rotatable bonds is 6. The molecule has 1 N–H and O–H groups in total. The van der Waals surface area contributed by atoms with E-state index in [0.29, 0.717) is 17.0 Å². The summed E-state index contributed by atoms with van der Waals surface area (Å²) in [6, 6.07) is 28.0. The van der Waals surface area contributed by atoms with Gasteiger partial charge in [-0.25, -0.2) is 4.79 Å². The predicted molar refractivity (Wildman–Crippen MR) is 159 cm³/mol. The van der Waals surface area contributed by atoms with Crippen molar-refractivity contribution in [2.45, 2.75) is 18.8 Å². The van der Waals surface area contributed by atoms with Gasteiger partial charge in [0, 0.05) is 18.7 Å². The van der Waals surface area contributed by atoms with Gasteiger partial charge in [0.2, 0.25) is 5.91 Å². The molecule has 0 saturated heterocycles. The van der Waals surface area contributed by atoms with Gasteiger partial charge in [0.15, 0.2) is 0 Å². The van der Waals surface area contributed by atoms with E-state index in [-0.39, 0.29) is 19.6 Å². The Labute approximate surface area is 248 Å². The van der Waals surface area contributed by atoms with Crippen molar-refractivity contribution < 1.29 is 27.5 Å². The molecule has 0 bridgehead atoms. The number of nitrogens with one attached hydrogen (secondary N) is 1. The van der Waals surface area contributed by atoms with Crippen molar-refractivity contribution in [3.05, 3.63) is 132 Å². The molecule has 0 unspecified atom stereocenters. The van der Waals surface area contributed by atoms with Crippen molar-refractivity contribution >= 4 is 17.6 Å². The van der Waals surface area contributed by atoms with Crippen LogP contribution in [0.15, 0.2) is 115 Å². The van der Waals surface area contributed by atoms with Crippen molar-refractivity contribution in [1.29, 1.82) is 0 Å². The highest BCUT2D eigenvalue weighted by molar-refractivity contribution is 5.96. The lowest BCUT2D eigenvalue weighted by Gasteiger charge is -2.35. The summed E-state index contributed by atoms with van der Waals surface area (Å²) >= 11 is 0. The third-order valence-corrected chi connectivity index (χ3v) is 7.23. The first-order valence-electron chi connectivity index (χ1n) is 13.7. The van der Waals surface area contributed by atoms with E-state index in [1.54, 1.807) is 43.5 Å². The van der Waals surface area contributed by atoms with Gasteiger partial charge in [-0.2, -0.15) is 13.2 Å². The predicted octanol–water partition coefficient (Wildman–Crippen LogP) is 7.55. The van der Waals surface area contributed by atoms with Gasteiger partial charge in [0.05, 0.1) is 24.4 Å². The number of ether oxygens (including phenoxy) is 1. The van der Waals surface area contributed by atoms with Crippen LogP contribution in [0.3, 0.4) is 0 Å². The number of nitrogens with zero attached hydrogens (tertiary/aromatic N) is 2. The number of urea groups is 1. The fourth-order valence-electron chi connectivity index (χ4n) is 5.03. The van der Waals surface area contributed by atoms with E-state index >= 15 is 0 Å². The quantitative estimate of drug-likeness (QED) is 0.238. The molecule has 1 heterocycles. The first-order valence-corrected chi connectivity index (χ1v) is 13.7. The van der Waals surface area contributed by atoms with E-state index < -0.39 is 29.7 Å². The summed E-state index contributed by atoms with van der Waals surface area (Å²) in [5.74, 6) is 0.224. The average molecular weight is 586 g/mol.